The van der Waals surface area contributed by atoms with Crippen molar-refractivity contribution >= 4 is 19.8 Å². The first-order valence-corrected chi connectivity index (χ1v) is 23.2. The van der Waals surface area contributed by atoms with Crippen molar-refractivity contribution in [2.75, 3.05) is 47.5 Å². The highest BCUT2D eigenvalue weighted by atomic mass is 31.2. The first-order chi connectivity index (χ1) is 26.0. The lowest BCUT2D eigenvalue weighted by molar-refractivity contribution is -0.870. The van der Waals surface area contributed by atoms with Crippen LogP contribution in [-0.2, 0) is 32.7 Å². The van der Waals surface area contributed by atoms with Gasteiger partial charge in [-0.1, -0.05) is 134 Å². The molecule has 0 saturated heterocycles. The average Bonchev–Trinajstić information content (AvgIpc) is 3.12. The van der Waals surface area contributed by atoms with Gasteiger partial charge in [-0.25, -0.2) is 4.57 Å². The molecule has 0 bridgehead atoms. The molecule has 9 nitrogen and oxygen atoms in total. The Kier molecular flexibility index (Phi) is 35.6. The first kappa shape index (κ1) is 52.2. The van der Waals surface area contributed by atoms with Crippen LogP contribution >= 0.6 is 7.82 Å². The molecule has 0 aliphatic carbocycles. The topological polar surface area (TPSA) is 108 Å². The van der Waals surface area contributed by atoms with Crippen LogP contribution < -0.4 is 0 Å². The second kappa shape index (κ2) is 36.8. The number of esters is 2. The number of phosphoric acid groups is 1. The average molecular weight is 785 g/mol. The lowest BCUT2D eigenvalue weighted by atomic mass is 10.1. The molecule has 0 aromatic heterocycles. The summed E-state index contributed by atoms with van der Waals surface area (Å²) in [7, 11) is 1.46. The highest BCUT2D eigenvalue weighted by molar-refractivity contribution is 7.47. The van der Waals surface area contributed by atoms with Gasteiger partial charge in [-0.15, -0.1) is 0 Å². The lowest BCUT2D eigenvalue weighted by Gasteiger charge is -2.24. The third kappa shape index (κ3) is 39.9. The largest absolute Gasteiger partial charge is 0.472 e. The smallest absolute Gasteiger partial charge is 0.462 e. The number of unbranched alkanes of at least 4 members (excludes halogenated alkanes) is 19. The van der Waals surface area contributed by atoms with Crippen molar-refractivity contribution in [3.63, 3.8) is 0 Å². The molecule has 10 heteroatoms. The molecular weight excluding hydrogens is 701 g/mol. The van der Waals surface area contributed by atoms with Crippen molar-refractivity contribution in [1.29, 1.82) is 0 Å². The van der Waals surface area contributed by atoms with Gasteiger partial charge in [-0.2, -0.15) is 0 Å². The fourth-order valence-electron chi connectivity index (χ4n) is 5.68. The maximum atomic E-state index is 12.7. The number of quaternary nitrogens is 1. The van der Waals surface area contributed by atoms with Crippen LogP contribution in [-0.4, -0.2) is 74.9 Å². The summed E-state index contributed by atoms with van der Waals surface area (Å²) in [6.45, 7) is 4.36. The van der Waals surface area contributed by atoms with E-state index in [1.807, 2.05) is 21.1 Å². The molecule has 1 unspecified atom stereocenters. The Balaban J connectivity index is 4.41. The van der Waals surface area contributed by atoms with Crippen LogP contribution in [0.25, 0.3) is 0 Å². The number of phosphoric ester groups is 1. The van der Waals surface area contributed by atoms with Gasteiger partial charge in [0, 0.05) is 12.8 Å². The van der Waals surface area contributed by atoms with E-state index < -0.39 is 26.5 Å². The minimum atomic E-state index is -4.38. The van der Waals surface area contributed by atoms with Crippen LogP contribution in [0.3, 0.4) is 0 Å². The quantitative estimate of drug-likeness (QED) is 0.0216. The van der Waals surface area contributed by atoms with Crippen molar-refractivity contribution in [3.8, 4) is 0 Å². The third-order valence-corrected chi connectivity index (χ3v) is 10.1. The summed E-state index contributed by atoms with van der Waals surface area (Å²) in [6, 6.07) is 0. The summed E-state index contributed by atoms with van der Waals surface area (Å²) in [6.07, 6.45) is 40.4. The zero-order valence-electron chi connectivity index (χ0n) is 35.5. The van der Waals surface area contributed by atoms with Gasteiger partial charge in [0.05, 0.1) is 27.7 Å². The van der Waals surface area contributed by atoms with E-state index >= 15 is 0 Å². The number of ether oxygens (including phenoxy) is 2. The molecule has 0 heterocycles. The van der Waals surface area contributed by atoms with Crippen LogP contribution in [0.4, 0.5) is 0 Å². The molecule has 0 aromatic carbocycles. The number of hydrogen-bond acceptors (Lipinski definition) is 7. The van der Waals surface area contributed by atoms with E-state index in [4.69, 9.17) is 18.5 Å². The fourth-order valence-corrected chi connectivity index (χ4v) is 6.43. The Hall–Kier alpha value is -1.77. The Morgan fingerprint density at radius 3 is 1.52 bits per heavy atom. The Labute approximate surface area is 331 Å². The third-order valence-electron chi connectivity index (χ3n) is 9.14. The normalized spacial score (nSPS) is 14.0. The molecule has 1 N–H and O–H groups in total. The molecule has 2 atom stereocenters. The van der Waals surface area contributed by atoms with E-state index in [0.717, 1.165) is 77.0 Å². The van der Waals surface area contributed by atoms with Gasteiger partial charge in [-0.3, -0.25) is 18.6 Å². The van der Waals surface area contributed by atoms with Gasteiger partial charge in [0.25, 0.3) is 0 Å². The number of carbonyl (C=O) groups is 2. The molecular formula is C44H83NO8P+. The van der Waals surface area contributed by atoms with Crippen molar-refractivity contribution in [2.45, 2.75) is 187 Å². The standard InChI is InChI=1S/C44H82NO8P/c1-6-8-10-12-14-16-18-20-22-24-26-28-30-32-34-36-43(46)50-40-42(41-52-54(48,49)51-39-38-45(3,4)5)53-44(47)37-35-33-31-29-27-25-23-21-19-17-15-13-11-9-7-2/h15,17,20-23,42H,6-14,16,18-19,24-41H2,1-5H3/p+1/b17-15-,22-20-,23-21-/t42-/m1/s1. The second-order valence-corrected chi connectivity index (χ2v) is 17.2. The number of nitrogens with zero attached hydrogens (tertiary/aromatic N) is 1. The van der Waals surface area contributed by atoms with Gasteiger partial charge in [0.1, 0.15) is 19.8 Å². The lowest BCUT2D eigenvalue weighted by Crippen LogP contribution is -2.37. The summed E-state index contributed by atoms with van der Waals surface area (Å²) >= 11 is 0. The fraction of sp³-hybridized carbons (Fsp3) is 0.818. The molecule has 316 valence electrons. The van der Waals surface area contributed by atoms with Crippen molar-refractivity contribution in [1.82, 2.24) is 0 Å². The molecule has 0 aromatic rings. The van der Waals surface area contributed by atoms with E-state index in [0.29, 0.717) is 17.4 Å². The predicted octanol–water partition coefficient (Wildman–Crippen LogP) is 12.1. The van der Waals surface area contributed by atoms with Crippen molar-refractivity contribution in [2.24, 2.45) is 0 Å². The van der Waals surface area contributed by atoms with E-state index in [2.05, 4.69) is 50.3 Å². The summed E-state index contributed by atoms with van der Waals surface area (Å²) in [5.74, 6) is -0.824. The van der Waals surface area contributed by atoms with Crippen molar-refractivity contribution < 1.29 is 42.1 Å². The summed E-state index contributed by atoms with van der Waals surface area (Å²) in [5.41, 5.74) is 0. The van der Waals surface area contributed by atoms with Crippen LogP contribution in [0.5, 0.6) is 0 Å². The summed E-state index contributed by atoms with van der Waals surface area (Å²) in [4.78, 5) is 35.3. The Morgan fingerprint density at radius 1 is 0.574 bits per heavy atom. The summed E-state index contributed by atoms with van der Waals surface area (Å²) in [5, 5.41) is 0. The van der Waals surface area contributed by atoms with Gasteiger partial charge >= 0.3 is 19.8 Å². The molecule has 0 saturated carbocycles. The monoisotopic (exact) mass is 785 g/mol. The minimum absolute atomic E-state index is 0.0273. The first-order valence-electron chi connectivity index (χ1n) is 21.7. The van der Waals surface area contributed by atoms with Gasteiger partial charge in [-0.05, 0) is 70.6 Å². The molecule has 54 heavy (non-hydrogen) atoms. The molecule has 0 rings (SSSR count). The molecule has 0 fully saturated rings. The number of carbonyl (C=O) groups excluding carboxylic acids is 2. The number of hydrogen-bond donors (Lipinski definition) is 1. The van der Waals surface area contributed by atoms with E-state index in [-0.39, 0.29) is 32.0 Å². The van der Waals surface area contributed by atoms with E-state index in [1.165, 1.54) is 70.6 Å². The zero-order valence-corrected chi connectivity index (χ0v) is 36.3. The number of likely N-dealkylation sites (N-methyl/N-ethyl adjacent to an activating group) is 1. The van der Waals surface area contributed by atoms with E-state index in [1.54, 1.807) is 0 Å². The van der Waals surface area contributed by atoms with Crippen LogP contribution in [0, 0.1) is 0 Å². The molecule has 0 aliphatic rings. The highest BCUT2D eigenvalue weighted by Gasteiger charge is 2.27. The second-order valence-electron chi connectivity index (χ2n) is 15.7. The maximum absolute atomic E-state index is 12.7. The van der Waals surface area contributed by atoms with Crippen LogP contribution in [0.15, 0.2) is 36.5 Å². The van der Waals surface area contributed by atoms with Gasteiger partial charge in [0.2, 0.25) is 0 Å². The molecule has 0 spiro atoms. The number of rotatable bonds is 39. The highest BCUT2D eigenvalue weighted by Crippen LogP contribution is 2.43. The maximum Gasteiger partial charge on any atom is 0.472 e. The zero-order chi connectivity index (χ0) is 40.0. The molecule has 0 radical (unpaired) electrons. The predicted molar refractivity (Wildman–Crippen MR) is 224 cm³/mol. The Bertz CT molecular complexity index is 1020. The molecule has 0 aliphatic heterocycles. The minimum Gasteiger partial charge on any atom is -0.462 e. The SMILES string of the molecule is CCCCC/C=C\C/C=C\CCCCCCCC(=O)O[C@H](COC(=O)CCCCCCC/C=C\CCCCCCCC)COP(=O)(O)OCC[N+](C)(C)C. The van der Waals surface area contributed by atoms with Crippen LogP contribution in [0.1, 0.15) is 181 Å². The number of allylic oxidation sites excluding steroid dienone is 6. The van der Waals surface area contributed by atoms with E-state index in [9.17, 15) is 19.0 Å². The molecule has 0 amide bonds. The van der Waals surface area contributed by atoms with Gasteiger partial charge in [0.15, 0.2) is 6.10 Å². The summed E-state index contributed by atoms with van der Waals surface area (Å²) < 4.78 is 34.3. The van der Waals surface area contributed by atoms with Crippen LogP contribution in [0.2, 0.25) is 0 Å². The Morgan fingerprint density at radius 2 is 1.00 bits per heavy atom. The van der Waals surface area contributed by atoms with Crippen molar-refractivity contribution in [3.05, 3.63) is 36.5 Å². The van der Waals surface area contributed by atoms with Gasteiger partial charge < -0.3 is 18.9 Å².